The molecule has 184 valence electrons. The number of halogens is 1. The molecule has 0 N–H and O–H groups in total. The number of hydrogen-bond acceptors (Lipinski definition) is 6. The van der Waals surface area contributed by atoms with E-state index in [0.717, 1.165) is 18.4 Å². The van der Waals surface area contributed by atoms with E-state index in [2.05, 4.69) is 31.9 Å². The minimum Gasteiger partial charge on any atom is -0.451 e. The van der Waals surface area contributed by atoms with Crippen molar-refractivity contribution in [1.29, 1.82) is 5.26 Å². The number of benzene rings is 1. The number of allylic oxidation sites excluding steroid dienone is 1. The highest BCUT2D eigenvalue weighted by Crippen LogP contribution is 2.35. The van der Waals surface area contributed by atoms with Gasteiger partial charge in [0.15, 0.2) is 5.76 Å². The monoisotopic (exact) mass is 487 g/mol. The van der Waals surface area contributed by atoms with Crippen LogP contribution in [0, 0.1) is 18.3 Å². The Labute approximate surface area is 207 Å². The Bertz CT molecular complexity index is 1080. The summed E-state index contributed by atoms with van der Waals surface area (Å²) >= 11 is 6.54. The molecule has 1 aromatic carbocycles. The van der Waals surface area contributed by atoms with Crippen LogP contribution < -0.4 is 0 Å². The summed E-state index contributed by atoms with van der Waals surface area (Å²) in [6, 6.07) is 9.92. The maximum absolute atomic E-state index is 12.2. The van der Waals surface area contributed by atoms with Crippen molar-refractivity contribution in [3.8, 4) is 6.07 Å². The largest absolute Gasteiger partial charge is 0.511 e. The van der Waals surface area contributed by atoms with E-state index in [1.54, 1.807) is 32.5 Å². The van der Waals surface area contributed by atoms with Gasteiger partial charge in [-0.3, -0.25) is 4.68 Å². The predicted octanol–water partition coefficient (Wildman–Crippen LogP) is 6.78. The van der Waals surface area contributed by atoms with E-state index in [1.807, 2.05) is 31.2 Å². The van der Waals surface area contributed by atoms with Gasteiger partial charge in [-0.1, -0.05) is 70.0 Å². The number of nitriles is 1. The van der Waals surface area contributed by atoms with Crippen LogP contribution >= 0.6 is 11.6 Å². The zero-order chi connectivity index (χ0) is 25.6. The molecule has 0 amide bonds. The van der Waals surface area contributed by atoms with E-state index in [0.29, 0.717) is 22.0 Å². The Balaban J connectivity index is 2.48. The molecule has 2 rings (SSSR count). The highest BCUT2D eigenvalue weighted by Gasteiger charge is 2.26. The lowest BCUT2D eigenvalue weighted by Gasteiger charge is -2.21. The number of rotatable bonds is 8. The van der Waals surface area contributed by atoms with Crippen LogP contribution in [0.1, 0.15) is 76.9 Å². The van der Waals surface area contributed by atoms with Crippen molar-refractivity contribution in [2.45, 2.75) is 79.1 Å². The molecule has 34 heavy (non-hydrogen) atoms. The number of aromatic nitrogens is 2. The molecule has 8 heteroatoms. The first-order valence-corrected chi connectivity index (χ1v) is 11.8. The maximum atomic E-state index is 12.2. The van der Waals surface area contributed by atoms with Crippen LogP contribution in [0.5, 0.6) is 0 Å². The average molecular weight is 488 g/mol. The molecule has 0 radical (unpaired) electrons. The van der Waals surface area contributed by atoms with E-state index in [4.69, 9.17) is 25.8 Å². The molecule has 7 nitrogen and oxygen atoms in total. The lowest BCUT2D eigenvalue weighted by Crippen LogP contribution is -2.22. The maximum Gasteiger partial charge on any atom is 0.511 e. The number of carbonyl (C=O) groups is 1. The van der Waals surface area contributed by atoms with Crippen LogP contribution in [-0.2, 0) is 26.7 Å². The van der Waals surface area contributed by atoms with Crippen molar-refractivity contribution in [2.24, 2.45) is 7.05 Å². The number of aryl methyl sites for hydroxylation is 2. The predicted molar refractivity (Wildman–Crippen MR) is 133 cm³/mol. The second-order valence-corrected chi connectivity index (χ2v) is 9.66. The third kappa shape index (κ3) is 6.77. The minimum atomic E-state index is -1.04. The summed E-state index contributed by atoms with van der Waals surface area (Å²) in [5.74, 6) is 0.168. The molecule has 0 saturated carbocycles. The van der Waals surface area contributed by atoms with Gasteiger partial charge in [0.25, 0.3) is 0 Å². The lowest BCUT2D eigenvalue weighted by atomic mass is 9.86. The smallest absolute Gasteiger partial charge is 0.451 e. The molecular formula is C26H34ClN3O4. The first-order chi connectivity index (χ1) is 15.9. The highest BCUT2D eigenvalue weighted by atomic mass is 35.5. The second-order valence-electron chi connectivity index (χ2n) is 9.29. The zero-order valence-corrected chi connectivity index (χ0v) is 22.0. The summed E-state index contributed by atoms with van der Waals surface area (Å²) in [4.78, 5) is 12.2. The van der Waals surface area contributed by atoms with Crippen LogP contribution in [0.4, 0.5) is 4.79 Å². The molecule has 2 unspecified atom stereocenters. The van der Waals surface area contributed by atoms with Crippen LogP contribution in [0.15, 0.2) is 24.3 Å². The Morgan fingerprint density at radius 3 is 2.26 bits per heavy atom. The Kier molecular flexibility index (Phi) is 9.17. The fourth-order valence-corrected chi connectivity index (χ4v) is 3.72. The van der Waals surface area contributed by atoms with E-state index < -0.39 is 12.4 Å². The molecule has 1 heterocycles. The molecule has 0 aliphatic carbocycles. The third-order valence-electron chi connectivity index (χ3n) is 5.28. The van der Waals surface area contributed by atoms with Gasteiger partial charge in [0.1, 0.15) is 23.4 Å². The first kappa shape index (κ1) is 27.3. The summed E-state index contributed by atoms with van der Waals surface area (Å²) < 4.78 is 18.1. The molecule has 0 saturated heterocycles. The van der Waals surface area contributed by atoms with Crippen LogP contribution in [-0.4, -0.2) is 28.3 Å². The lowest BCUT2D eigenvalue weighted by molar-refractivity contribution is -0.0757. The molecule has 0 aliphatic rings. The number of ether oxygens (including phenoxy) is 3. The van der Waals surface area contributed by atoms with Crippen LogP contribution in [0.3, 0.4) is 0 Å². The van der Waals surface area contributed by atoms with Crippen molar-refractivity contribution < 1.29 is 19.0 Å². The quantitative estimate of drug-likeness (QED) is 0.176. The van der Waals surface area contributed by atoms with Gasteiger partial charge in [0.2, 0.25) is 6.29 Å². The van der Waals surface area contributed by atoms with E-state index in [-0.39, 0.29) is 22.9 Å². The highest BCUT2D eigenvalue weighted by molar-refractivity contribution is 6.33. The Morgan fingerprint density at radius 1 is 1.18 bits per heavy atom. The van der Waals surface area contributed by atoms with Crippen molar-refractivity contribution in [2.75, 3.05) is 0 Å². The normalized spacial score (nSPS) is 14.0. The molecule has 0 aliphatic heterocycles. The third-order valence-corrected chi connectivity index (χ3v) is 5.73. The Morgan fingerprint density at radius 2 is 1.79 bits per heavy atom. The zero-order valence-electron chi connectivity index (χ0n) is 21.2. The van der Waals surface area contributed by atoms with E-state index in [9.17, 15) is 10.1 Å². The summed E-state index contributed by atoms with van der Waals surface area (Å²) in [5.41, 5.74) is 2.99. The molecule has 1 aromatic heterocycles. The number of nitrogens with zero attached hydrogens (tertiary/aromatic N) is 3. The summed E-state index contributed by atoms with van der Waals surface area (Å²) in [5, 5.41) is 14.8. The van der Waals surface area contributed by atoms with Crippen LogP contribution in [0.25, 0.3) is 11.3 Å². The van der Waals surface area contributed by atoms with Crippen molar-refractivity contribution >= 4 is 29.1 Å². The van der Waals surface area contributed by atoms with Crippen molar-refractivity contribution in [3.05, 3.63) is 51.8 Å². The summed E-state index contributed by atoms with van der Waals surface area (Å²) in [6.07, 6.45) is -0.550. The number of carbonyl (C=O) groups excluding carboxylic acids is 1. The van der Waals surface area contributed by atoms with E-state index in [1.165, 1.54) is 0 Å². The second kappa shape index (κ2) is 11.4. The number of hydrogen-bond donors (Lipinski definition) is 0. The average Bonchev–Trinajstić information content (AvgIpc) is 2.98. The molecule has 2 atom stereocenters. The molecule has 0 fully saturated rings. The fraction of sp³-hybridized carbons (Fsp3) is 0.500. The van der Waals surface area contributed by atoms with E-state index >= 15 is 0 Å². The Hall–Kier alpha value is -2.98. The summed E-state index contributed by atoms with van der Waals surface area (Å²) in [7, 11) is 1.71. The fourth-order valence-electron chi connectivity index (χ4n) is 3.48. The van der Waals surface area contributed by atoms with Gasteiger partial charge in [-0.2, -0.15) is 10.4 Å². The van der Waals surface area contributed by atoms with Gasteiger partial charge in [-0.15, -0.1) is 0 Å². The van der Waals surface area contributed by atoms with Gasteiger partial charge >= 0.3 is 6.16 Å². The molecule has 0 bridgehead atoms. The van der Waals surface area contributed by atoms with Crippen molar-refractivity contribution in [1.82, 2.24) is 9.78 Å². The minimum absolute atomic E-state index is 0.0333. The first-order valence-electron chi connectivity index (χ1n) is 11.4. The topological polar surface area (TPSA) is 86.4 Å². The van der Waals surface area contributed by atoms with Gasteiger partial charge < -0.3 is 14.2 Å². The molecular weight excluding hydrogens is 454 g/mol. The SMILES string of the molecule is CCCC(C)OC(=O)OC(C)O/C(=C(/C#N)c1ccc(C(C)(C)C)cc1)c1c(Cl)c(C)nn1C. The standard InChI is InChI=1S/C26H34ClN3O4/c1-9-10-16(2)32-25(31)34-18(4)33-24(23-22(27)17(3)29-30(23)8)21(15-28)19-11-13-20(14-12-19)26(5,6)7/h11-14,16,18H,9-10H2,1-8H3/b24-21-. The molecule has 0 spiro atoms. The van der Waals surface area contributed by atoms with Gasteiger partial charge in [-0.25, -0.2) is 4.79 Å². The van der Waals surface area contributed by atoms with Gasteiger partial charge in [0, 0.05) is 14.0 Å². The van der Waals surface area contributed by atoms with Crippen molar-refractivity contribution in [3.63, 3.8) is 0 Å². The van der Waals surface area contributed by atoms with Gasteiger partial charge in [0.05, 0.1) is 10.7 Å². The summed E-state index contributed by atoms with van der Waals surface area (Å²) in [6.45, 7) is 13.5. The van der Waals surface area contributed by atoms with Crippen LogP contribution in [0.2, 0.25) is 5.02 Å². The molecule has 2 aromatic rings. The van der Waals surface area contributed by atoms with Gasteiger partial charge in [-0.05, 0) is 36.8 Å².